The van der Waals surface area contributed by atoms with Gasteiger partial charge < -0.3 is 5.32 Å². The number of aromatic nitrogens is 4. The molecule has 4 rings (SSSR count). The minimum atomic E-state index is -0.166. The second-order valence-electron chi connectivity index (χ2n) is 8.20. The number of aryl methyl sites for hydroxylation is 2. The van der Waals surface area contributed by atoms with Gasteiger partial charge in [-0.2, -0.15) is 5.10 Å². The lowest BCUT2D eigenvalue weighted by Gasteiger charge is -2.13. The maximum atomic E-state index is 13.0. The van der Waals surface area contributed by atoms with Crippen LogP contribution in [0.3, 0.4) is 0 Å². The van der Waals surface area contributed by atoms with E-state index in [1.807, 2.05) is 31.2 Å². The van der Waals surface area contributed by atoms with Crippen molar-refractivity contribution in [3.05, 3.63) is 63.9 Å². The largest absolute Gasteiger partial charge is 0.356 e. The van der Waals surface area contributed by atoms with E-state index in [0.29, 0.717) is 29.9 Å². The van der Waals surface area contributed by atoms with Gasteiger partial charge in [0.1, 0.15) is 11.2 Å². The van der Waals surface area contributed by atoms with Crippen LogP contribution in [0.2, 0.25) is 0 Å². The summed E-state index contributed by atoms with van der Waals surface area (Å²) in [4.78, 5) is 29.9. The number of allylic oxidation sites excluding steroid dienone is 1. The number of hydrogen-bond donors (Lipinski definition) is 1. The first-order valence-electron chi connectivity index (χ1n) is 11.0. The summed E-state index contributed by atoms with van der Waals surface area (Å²) in [6.45, 7) is 4.77. The van der Waals surface area contributed by atoms with Crippen LogP contribution >= 0.6 is 0 Å². The molecule has 162 valence electrons. The van der Waals surface area contributed by atoms with Crippen molar-refractivity contribution in [3.8, 4) is 5.69 Å². The van der Waals surface area contributed by atoms with Crippen LogP contribution in [0.5, 0.6) is 0 Å². The fourth-order valence-corrected chi connectivity index (χ4v) is 4.04. The number of amides is 1. The maximum absolute atomic E-state index is 13.0. The van der Waals surface area contributed by atoms with Crippen LogP contribution in [0.15, 0.2) is 46.9 Å². The third-order valence-corrected chi connectivity index (χ3v) is 5.87. The smallest absolute Gasteiger partial charge is 0.264 e. The van der Waals surface area contributed by atoms with Crippen LogP contribution in [-0.4, -0.2) is 31.8 Å². The van der Waals surface area contributed by atoms with E-state index < -0.39 is 0 Å². The Hall–Kier alpha value is -3.22. The van der Waals surface area contributed by atoms with Gasteiger partial charge in [0.15, 0.2) is 5.65 Å². The Morgan fingerprint density at radius 3 is 2.71 bits per heavy atom. The molecule has 0 saturated heterocycles. The molecule has 7 heteroatoms. The minimum Gasteiger partial charge on any atom is -0.356 e. The number of carbonyl (C=O) groups is 1. The molecule has 0 saturated carbocycles. The Morgan fingerprint density at radius 1 is 1.16 bits per heavy atom. The summed E-state index contributed by atoms with van der Waals surface area (Å²) in [6, 6.07) is 7.91. The first-order chi connectivity index (χ1) is 15.0. The van der Waals surface area contributed by atoms with Crippen molar-refractivity contribution in [2.75, 3.05) is 6.54 Å². The van der Waals surface area contributed by atoms with E-state index in [2.05, 4.69) is 21.5 Å². The normalized spacial score (nSPS) is 13.9. The Morgan fingerprint density at radius 2 is 1.97 bits per heavy atom. The molecule has 1 aliphatic rings. The molecule has 2 aromatic heterocycles. The lowest BCUT2D eigenvalue weighted by atomic mass is 9.97. The highest BCUT2D eigenvalue weighted by molar-refractivity contribution is 5.76. The molecule has 0 fully saturated rings. The molecule has 1 N–H and O–H groups in total. The van der Waals surface area contributed by atoms with Gasteiger partial charge in [-0.1, -0.05) is 29.3 Å². The Kier molecular flexibility index (Phi) is 6.30. The molecule has 1 aromatic carbocycles. The molecule has 31 heavy (non-hydrogen) atoms. The lowest BCUT2D eigenvalue weighted by molar-refractivity contribution is -0.121. The summed E-state index contributed by atoms with van der Waals surface area (Å²) in [5, 5.41) is 7.80. The van der Waals surface area contributed by atoms with Gasteiger partial charge in [-0.05, 0) is 58.1 Å². The van der Waals surface area contributed by atoms with Gasteiger partial charge in [0.25, 0.3) is 5.56 Å². The molecule has 0 radical (unpaired) electrons. The number of fused-ring (bicyclic) bond motifs is 1. The fourth-order valence-electron chi connectivity index (χ4n) is 4.04. The number of nitrogens with zero attached hydrogens (tertiary/aromatic N) is 4. The van der Waals surface area contributed by atoms with Crippen LogP contribution in [-0.2, 0) is 11.3 Å². The van der Waals surface area contributed by atoms with Crippen molar-refractivity contribution in [2.24, 2.45) is 0 Å². The molecule has 1 aliphatic carbocycles. The Labute approximate surface area is 181 Å². The van der Waals surface area contributed by atoms with Crippen molar-refractivity contribution >= 4 is 16.9 Å². The van der Waals surface area contributed by atoms with Crippen molar-refractivity contribution in [2.45, 2.75) is 58.9 Å². The second kappa shape index (κ2) is 9.29. The molecule has 2 heterocycles. The number of nitrogens with one attached hydrogen (secondary N) is 1. The van der Waals surface area contributed by atoms with Crippen molar-refractivity contribution in [3.63, 3.8) is 0 Å². The molecule has 0 atom stereocenters. The molecule has 7 nitrogen and oxygen atoms in total. The zero-order valence-corrected chi connectivity index (χ0v) is 18.2. The summed E-state index contributed by atoms with van der Waals surface area (Å²) in [5.41, 5.74) is 3.82. The first-order valence-corrected chi connectivity index (χ1v) is 11.0. The van der Waals surface area contributed by atoms with E-state index in [1.165, 1.54) is 18.4 Å². The van der Waals surface area contributed by atoms with E-state index in [0.717, 1.165) is 30.5 Å². The van der Waals surface area contributed by atoms with Gasteiger partial charge in [0.05, 0.1) is 11.9 Å². The maximum Gasteiger partial charge on any atom is 0.264 e. The van der Waals surface area contributed by atoms with Gasteiger partial charge in [0.2, 0.25) is 5.91 Å². The lowest BCUT2D eigenvalue weighted by Crippen LogP contribution is -2.29. The molecular formula is C24H29N5O2. The van der Waals surface area contributed by atoms with Gasteiger partial charge >= 0.3 is 0 Å². The van der Waals surface area contributed by atoms with E-state index in [1.54, 1.807) is 22.4 Å². The highest BCUT2D eigenvalue weighted by Crippen LogP contribution is 2.19. The molecule has 0 aliphatic heterocycles. The molecule has 1 amide bonds. The molecule has 0 unspecified atom stereocenters. The third kappa shape index (κ3) is 4.76. The number of carbonyl (C=O) groups excluding carboxylic acids is 1. The minimum absolute atomic E-state index is 0.0434. The quantitative estimate of drug-likeness (QED) is 0.593. The molecular weight excluding hydrogens is 390 g/mol. The van der Waals surface area contributed by atoms with Crippen molar-refractivity contribution in [1.29, 1.82) is 0 Å². The standard InChI is InChI=1S/C24H29N5O2/c1-17-8-10-20(11-9-17)29-23-21(16-26-29)24(31)28(18(2)27-23)15-13-22(30)25-14-12-19-6-4-3-5-7-19/h6,8-11,16H,3-5,7,12-15H2,1-2H3,(H,25,30). The van der Waals surface area contributed by atoms with Crippen LogP contribution in [0.4, 0.5) is 0 Å². The van der Waals surface area contributed by atoms with E-state index in [4.69, 9.17) is 0 Å². The van der Waals surface area contributed by atoms with E-state index in [-0.39, 0.29) is 17.9 Å². The zero-order chi connectivity index (χ0) is 21.8. The van der Waals surface area contributed by atoms with Crippen LogP contribution < -0.4 is 10.9 Å². The fraction of sp³-hybridized carbons (Fsp3) is 0.417. The summed E-state index contributed by atoms with van der Waals surface area (Å²) >= 11 is 0. The predicted molar refractivity (Wildman–Crippen MR) is 121 cm³/mol. The second-order valence-corrected chi connectivity index (χ2v) is 8.20. The van der Waals surface area contributed by atoms with Gasteiger partial charge in [-0.15, -0.1) is 0 Å². The summed E-state index contributed by atoms with van der Waals surface area (Å²) < 4.78 is 3.24. The van der Waals surface area contributed by atoms with E-state index >= 15 is 0 Å². The molecule has 3 aromatic rings. The average molecular weight is 420 g/mol. The molecule has 0 spiro atoms. The SMILES string of the molecule is Cc1ccc(-n2ncc3c(=O)n(CCC(=O)NCCC4=CCCCC4)c(C)nc32)cc1. The van der Waals surface area contributed by atoms with Crippen LogP contribution in [0.25, 0.3) is 16.7 Å². The van der Waals surface area contributed by atoms with Gasteiger partial charge in [-0.25, -0.2) is 9.67 Å². The third-order valence-electron chi connectivity index (χ3n) is 5.87. The summed E-state index contributed by atoms with van der Waals surface area (Å²) in [5.74, 6) is 0.532. The van der Waals surface area contributed by atoms with Gasteiger partial charge in [0, 0.05) is 19.5 Å². The number of hydrogen-bond acceptors (Lipinski definition) is 4. The van der Waals surface area contributed by atoms with Crippen molar-refractivity contribution < 1.29 is 4.79 Å². The number of rotatable bonds is 7. The highest BCUT2D eigenvalue weighted by atomic mass is 16.1. The van der Waals surface area contributed by atoms with Crippen LogP contribution in [0, 0.1) is 13.8 Å². The predicted octanol–water partition coefficient (Wildman–Crippen LogP) is 3.60. The zero-order valence-electron chi connectivity index (χ0n) is 18.2. The number of benzene rings is 1. The van der Waals surface area contributed by atoms with E-state index in [9.17, 15) is 9.59 Å². The highest BCUT2D eigenvalue weighted by Gasteiger charge is 2.15. The van der Waals surface area contributed by atoms with Gasteiger partial charge in [-0.3, -0.25) is 14.2 Å². The Bertz CT molecular complexity index is 1170. The molecule has 0 bridgehead atoms. The van der Waals surface area contributed by atoms with Crippen molar-refractivity contribution in [1.82, 2.24) is 24.6 Å². The van der Waals surface area contributed by atoms with Crippen LogP contribution in [0.1, 0.15) is 49.9 Å². The summed E-state index contributed by atoms with van der Waals surface area (Å²) in [6.07, 6.45) is 9.84. The first kappa shape index (κ1) is 21.0. The monoisotopic (exact) mass is 419 g/mol. The summed E-state index contributed by atoms with van der Waals surface area (Å²) in [7, 11) is 0. The topological polar surface area (TPSA) is 81.8 Å². The average Bonchev–Trinajstić information content (AvgIpc) is 3.19. The Balaban J connectivity index is 1.43.